The van der Waals surface area contributed by atoms with Crippen LogP contribution in [0.2, 0.25) is 0 Å². The molecule has 2 nitrogen and oxygen atoms in total. The number of hydrogen-bond acceptors (Lipinski definition) is 2. The lowest BCUT2D eigenvalue weighted by Crippen LogP contribution is -2.21. The average Bonchev–Trinajstić information content (AvgIpc) is 1.79. The second-order valence-corrected chi connectivity index (χ2v) is 4.36. The van der Waals surface area contributed by atoms with Crippen molar-refractivity contribution in [3.8, 4) is 0 Å². The Balaban J connectivity index is 3.96. The summed E-state index contributed by atoms with van der Waals surface area (Å²) in [5, 5.41) is 8.57. The monoisotopic (exact) mass is 159 g/mol. The molecule has 0 spiro atoms. The summed E-state index contributed by atoms with van der Waals surface area (Å²) >= 11 is 0. The summed E-state index contributed by atoms with van der Waals surface area (Å²) in [6, 6.07) is 0. The zero-order valence-electron chi connectivity index (χ0n) is 8.14. The maximum Gasteiger partial charge on any atom is 0.141 e. The first-order valence-corrected chi connectivity index (χ1v) is 4.05. The summed E-state index contributed by atoms with van der Waals surface area (Å²) in [6.07, 6.45) is 1.58. The highest BCUT2D eigenvalue weighted by atomic mass is 17.1. The summed E-state index contributed by atoms with van der Waals surface area (Å²) in [6.45, 7) is 10.3. The normalized spacial score (nSPS) is 13.1. The second-order valence-electron chi connectivity index (χ2n) is 4.36. The zero-order valence-corrected chi connectivity index (χ0v) is 8.14. The molecule has 2 heteroatoms. The molecule has 0 aromatic carbocycles. The Bertz CT molecular complexity index is 103. The highest BCUT2D eigenvalue weighted by molar-refractivity contribution is 4.91. The van der Waals surface area contributed by atoms with E-state index in [1.807, 2.05) is 20.8 Å². The van der Waals surface area contributed by atoms with Crippen LogP contribution < -0.4 is 0 Å². The van der Waals surface area contributed by atoms with E-state index < -0.39 is 0 Å². The number of rotatable bonds is 3. The van der Waals surface area contributed by atoms with Crippen LogP contribution in [0.3, 0.4) is 0 Å². The van der Waals surface area contributed by atoms with Crippen molar-refractivity contribution in [2.24, 2.45) is 11.3 Å². The molecule has 0 saturated carbocycles. The summed E-state index contributed by atoms with van der Waals surface area (Å²) in [5.74, 6) is 0.524. The van der Waals surface area contributed by atoms with E-state index in [1.54, 1.807) is 0 Å². The van der Waals surface area contributed by atoms with Crippen molar-refractivity contribution in [3.05, 3.63) is 6.10 Å². The van der Waals surface area contributed by atoms with Gasteiger partial charge in [0.2, 0.25) is 0 Å². The van der Waals surface area contributed by atoms with Gasteiger partial charge in [-0.2, -0.15) is 0 Å². The molecule has 0 aliphatic heterocycles. The molecular weight excluding hydrogens is 140 g/mol. The Morgan fingerprint density at radius 3 is 1.91 bits per heavy atom. The lowest BCUT2D eigenvalue weighted by molar-refractivity contribution is -0.254. The van der Waals surface area contributed by atoms with Crippen LogP contribution in [-0.2, 0) is 4.89 Å². The zero-order chi connectivity index (χ0) is 9.07. The molecule has 0 heterocycles. The van der Waals surface area contributed by atoms with Gasteiger partial charge in [0.25, 0.3) is 0 Å². The third-order valence-electron chi connectivity index (χ3n) is 1.54. The second kappa shape index (κ2) is 4.07. The Morgan fingerprint density at radius 2 is 1.82 bits per heavy atom. The first kappa shape index (κ1) is 10.9. The molecule has 0 rings (SSSR count). The molecule has 0 unspecified atom stereocenters. The molecule has 0 aromatic rings. The smallest absolute Gasteiger partial charge is 0.141 e. The van der Waals surface area contributed by atoms with Crippen LogP contribution in [0.5, 0.6) is 0 Å². The third kappa shape index (κ3) is 4.38. The topological polar surface area (TPSA) is 29.5 Å². The molecule has 0 aliphatic carbocycles. The van der Waals surface area contributed by atoms with E-state index in [1.165, 1.54) is 0 Å². The minimum Gasteiger partial charge on any atom is -0.251 e. The van der Waals surface area contributed by atoms with Gasteiger partial charge in [-0.05, 0) is 17.8 Å². The van der Waals surface area contributed by atoms with Crippen LogP contribution in [0.25, 0.3) is 0 Å². The van der Waals surface area contributed by atoms with Gasteiger partial charge < -0.3 is 0 Å². The first-order valence-electron chi connectivity index (χ1n) is 4.05. The van der Waals surface area contributed by atoms with Crippen LogP contribution in [-0.4, -0.2) is 5.26 Å². The Kier molecular flexibility index (Phi) is 4.04. The molecule has 11 heavy (non-hydrogen) atoms. The SMILES string of the molecule is CC(C)C[C](OO)C(C)(C)C. The highest BCUT2D eigenvalue weighted by Gasteiger charge is 2.27. The van der Waals surface area contributed by atoms with Gasteiger partial charge >= 0.3 is 0 Å². The van der Waals surface area contributed by atoms with E-state index in [0.717, 1.165) is 12.5 Å². The molecule has 0 fully saturated rings. The van der Waals surface area contributed by atoms with Crippen LogP contribution in [0.1, 0.15) is 41.0 Å². The van der Waals surface area contributed by atoms with Crippen molar-refractivity contribution in [2.45, 2.75) is 41.0 Å². The first-order chi connectivity index (χ1) is 4.88. The predicted molar refractivity (Wildman–Crippen MR) is 45.9 cm³/mol. The summed E-state index contributed by atoms with van der Waals surface area (Å²) < 4.78 is 0. The minimum absolute atomic E-state index is 0.0565. The van der Waals surface area contributed by atoms with Crippen LogP contribution in [0.4, 0.5) is 0 Å². The van der Waals surface area contributed by atoms with E-state index in [0.29, 0.717) is 5.92 Å². The van der Waals surface area contributed by atoms with Crippen molar-refractivity contribution in [3.63, 3.8) is 0 Å². The van der Waals surface area contributed by atoms with Crippen molar-refractivity contribution in [1.82, 2.24) is 0 Å². The number of hydrogen-bond donors (Lipinski definition) is 1. The van der Waals surface area contributed by atoms with Crippen molar-refractivity contribution in [1.29, 1.82) is 0 Å². The molecule has 0 saturated heterocycles. The summed E-state index contributed by atoms with van der Waals surface area (Å²) in [5.41, 5.74) is -0.0565. The summed E-state index contributed by atoms with van der Waals surface area (Å²) in [4.78, 5) is 4.34. The third-order valence-corrected chi connectivity index (χ3v) is 1.54. The van der Waals surface area contributed by atoms with Crippen molar-refractivity contribution < 1.29 is 10.1 Å². The van der Waals surface area contributed by atoms with Crippen molar-refractivity contribution in [2.75, 3.05) is 0 Å². The molecule has 1 N–H and O–H groups in total. The fourth-order valence-electron chi connectivity index (χ4n) is 0.851. The Hall–Kier alpha value is -0.0800. The molecule has 67 valence electrons. The van der Waals surface area contributed by atoms with E-state index in [4.69, 9.17) is 5.26 Å². The Morgan fingerprint density at radius 1 is 1.36 bits per heavy atom. The molecule has 0 aromatic heterocycles. The predicted octanol–water partition coefficient (Wildman–Crippen LogP) is 3.10. The van der Waals surface area contributed by atoms with Crippen LogP contribution in [0.15, 0.2) is 0 Å². The van der Waals surface area contributed by atoms with E-state index in [9.17, 15) is 0 Å². The quantitative estimate of drug-likeness (QED) is 0.506. The molecular formula is C9H19O2. The van der Waals surface area contributed by atoms with E-state index >= 15 is 0 Å². The molecule has 0 aliphatic rings. The van der Waals surface area contributed by atoms with Gasteiger partial charge in [-0.15, -0.1) is 0 Å². The summed E-state index contributed by atoms with van der Waals surface area (Å²) in [7, 11) is 0. The Labute approximate surface area is 69.5 Å². The van der Waals surface area contributed by atoms with Crippen LogP contribution in [0, 0.1) is 17.4 Å². The van der Waals surface area contributed by atoms with Gasteiger partial charge in [0.15, 0.2) is 0 Å². The van der Waals surface area contributed by atoms with Crippen LogP contribution >= 0.6 is 0 Å². The van der Waals surface area contributed by atoms with Gasteiger partial charge in [-0.1, -0.05) is 34.6 Å². The largest absolute Gasteiger partial charge is 0.251 e. The average molecular weight is 159 g/mol. The van der Waals surface area contributed by atoms with Crippen molar-refractivity contribution >= 4 is 0 Å². The fraction of sp³-hybridized carbons (Fsp3) is 0.889. The highest BCUT2D eigenvalue weighted by Crippen LogP contribution is 2.33. The fourth-order valence-corrected chi connectivity index (χ4v) is 0.851. The van der Waals surface area contributed by atoms with Gasteiger partial charge in [0.05, 0.1) is 0 Å². The maximum atomic E-state index is 8.57. The molecule has 0 atom stereocenters. The van der Waals surface area contributed by atoms with E-state index in [-0.39, 0.29) is 5.41 Å². The molecule has 1 radical (unpaired) electrons. The molecule has 0 bridgehead atoms. The minimum atomic E-state index is -0.0565. The lowest BCUT2D eigenvalue weighted by atomic mass is 9.84. The lowest BCUT2D eigenvalue weighted by Gasteiger charge is -2.27. The van der Waals surface area contributed by atoms with E-state index in [2.05, 4.69) is 18.7 Å². The van der Waals surface area contributed by atoms with Gasteiger partial charge in [-0.3, -0.25) is 5.26 Å². The van der Waals surface area contributed by atoms with Gasteiger partial charge in [0, 0.05) is 0 Å². The maximum absolute atomic E-state index is 8.57. The standard InChI is InChI=1S/C9H19O2/c1-7(2)6-8(11-10)9(3,4)5/h7,10H,6H2,1-5H3. The van der Waals surface area contributed by atoms with Gasteiger partial charge in [0.1, 0.15) is 6.10 Å². The molecule has 0 amide bonds. The van der Waals surface area contributed by atoms with Gasteiger partial charge in [-0.25, -0.2) is 4.89 Å².